The van der Waals surface area contributed by atoms with E-state index < -0.39 is 0 Å². The fourth-order valence-corrected chi connectivity index (χ4v) is 2.08. The Kier molecular flexibility index (Phi) is 3.83. The minimum Gasteiger partial charge on any atom is -0.312 e. The van der Waals surface area contributed by atoms with Crippen LogP contribution in [-0.4, -0.2) is 23.7 Å². The van der Waals surface area contributed by atoms with Gasteiger partial charge in [0.1, 0.15) is 0 Å². The van der Waals surface area contributed by atoms with Crippen molar-refractivity contribution in [3.63, 3.8) is 0 Å². The summed E-state index contributed by atoms with van der Waals surface area (Å²) in [6, 6.07) is 0.747. The van der Waals surface area contributed by atoms with Gasteiger partial charge in [-0.05, 0) is 66.8 Å². The average Bonchev–Trinajstić information content (AvgIpc) is 1.89. The summed E-state index contributed by atoms with van der Waals surface area (Å²) in [7, 11) is 0. The Labute approximate surface area is 95.2 Å². The van der Waals surface area contributed by atoms with Gasteiger partial charge in [-0.3, -0.25) is 0 Å². The van der Waals surface area contributed by atoms with Gasteiger partial charge in [-0.1, -0.05) is 0 Å². The molecule has 1 rings (SSSR count). The molecular formula is C13H28N2. The van der Waals surface area contributed by atoms with Gasteiger partial charge in [0.05, 0.1) is 0 Å². The summed E-state index contributed by atoms with van der Waals surface area (Å²) >= 11 is 0. The summed E-state index contributed by atoms with van der Waals surface area (Å²) in [6.07, 6.45) is 2.67. The van der Waals surface area contributed by atoms with E-state index >= 15 is 0 Å². The highest BCUT2D eigenvalue weighted by Crippen LogP contribution is 2.28. The minimum atomic E-state index is 0.266. The lowest BCUT2D eigenvalue weighted by Gasteiger charge is -2.41. The van der Waals surface area contributed by atoms with Crippen LogP contribution in [-0.2, 0) is 0 Å². The highest BCUT2D eigenvalue weighted by Gasteiger charge is 2.31. The molecule has 0 spiro atoms. The van der Waals surface area contributed by atoms with Crippen LogP contribution in [0.15, 0.2) is 0 Å². The van der Waals surface area contributed by atoms with Gasteiger partial charge in [-0.15, -0.1) is 0 Å². The summed E-state index contributed by atoms with van der Waals surface area (Å²) in [5.74, 6) is 0.879. The number of hydrogen-bond acceptors (Lipinski definition) is 2. The molecule has 0 atom stereocenters. The lowest BCUT2D eigenvalue weighted by molar-refractivity contribution is 0.173. The first kappa shape index (κ1) is 13.0. The monoisotopic (exact) mass is 212 g/mol. The van der Waals surface area contributed by atoms with Crippen molar-refractivity contribution in [3.8, 4) is 0 Å². The third-order valence-corrected chi connectivity index (χ3v) is 2.79. The van der Waals surface area contributed by atoms with Crippen LogP contribution in [0.2, 0.25) is 0 Å². The van der Waals surface area contributed by atoms with Crippen molar-refractivity contribution in [3.05, 3.63) is 0 Å². The quantitative estimate of drug-likeness (QED) is 0.751. The Balaban J connectivity index is 2.11. The highest BCUT2D eigenvalue weighted by atomic mass is 15.0. The zero-order valence-corrected chi connectivity index (χ0v) is 11.3. The Morgan fingerprint density at radius 2 is 1.47 bits per heavy atom. The zero-order chi connectivity index (χ0) is 11.7. The fraction of sp³-hybridized carbons (Fsp3) is 1.00. The molecule has 0 heterocycles. The number of rotatable bonds is 3. The van der Waals surface area contributed by atoms with Crippen molar-refractivity contribution in [1.82, 2.24) is 10.6 Å². The first-order chi connectivity index (χ1) is 6.66. The van der Waals surface area contributed by atoms with Crippen molar-refractivity contribution >= 4 is 0 Å². The number of hydrogen-bond donors (Lipinski definition) is 2. The Morgan fingerprint density at radius 1 is 0.933 bits per heavy atom. The van der Waals surface area contributed by atoms with E-state index in [0.29, 0.717) is 0 Å². The fourth-order valence-electron chi connectivity index (χ4n) is 2.08. The molecule has 0 aromatic carbocycles. The molecule has 0 bridgehead atoms. The SMILES string of the molecule is CC(C)(C)NC[C@H]1C[C@@H](NC(C)(C)C)C1. The Morgan fingerprint density at radius 3 is 1.87 bits per heavy atom. The zero-order valence-electron chi connectivity index (χ0n) is 11.3. The maximum atomic E-state index is 3.65. The van der Waals surface area contributed by atoms with Crippen LogP contribution >= 0.6 is 0 Å². The van der Waals surface area contributed by atoms with Crippen LogP contribution < -0.4 is 10.6 Å². The smallest absolute Gasteiger partial charge is 0.00991 e. The molecule has 0 saturated heterocycles. The third-order valence-electron chi connectivity index (χ3n) is 2.79. The molecule has 0 radical (unpaired) electrons. The van der Waals surface area contributed by atoms with E-state index in [4.69, 9.17) is 0 Å². The normalized spacial score (nSPS) is 27.6. The maximum absolute atomic E-state index is 3.65. The van der Waals surface area contributed by atoms with Crippen LogP contribution in [0.25, 0.3) is 0 Å². The molecule has 2 N–H and O–H groups in total. The van der Waals surface area contributed by atoms with Gasteiger partial charge >= 0.3 is 0 Å². The lowest BCUT2D eigenvalue weighted by atomic mass is 9.79. The second-order valence-electron chi connectivity index (χ2n) is 7.06. The molecule has 1 saturated carbocycles. The summed E-state index contributed by atoms with van der Waals surface area (Å²) < 4.78 is 0. The molecule has 2 nitrogen and oxygen atoms in total. The second-order valence-corrected chi connectivity index (χ2v) is 7.06. The van der Waals surface area contributed by atoms with E-state index in [1.807, 2.05) is 0 Å². The van der Waals surface area contributed by atoms with Gasteiger partial charge in [0, 0.05) is 17.1 Å². The van der Waals surface area contributed by atoms with Gasteiger partial charge in [0.2, 0.25) is 0 Å². The third kappa shape index (κ3) is 5.53. The highest BCUT2D eigenvalue weighted by molar-refractivity contribution is 4.91. The van der Waals surface area contributed by atoms with E-state index in [9.17, 15) is 0 Å². The van der Waals surface area contributed by atoms with E-state index in [1.165, 1.54) is 19.4 Å². The summed E-state index contributed by atoms with van der Waals surface area (Å²) in [6.45, 7) is 14.6. The molecule has 2 heteroatoms. The molecule has 0 aromatic heterocycles. The van der Waals surface area contributed by atoms with Gasteiger partial charge in [-0.2, -0.15) is 0 Å². The molecule has 0 amide bonds. The second kappa shape index (κ2) is 4.42. The van der Waals surface area contributed by atoms with Crippen molar-refractivity contribution in [1.29, 1.82) is 0 Å². The molecule has 1 fully saturated rings. The molecular weight excluding hydrogens is 184 g/mol. The lowest BCUT2D eigenvalue weighted by Crippen LogP contribution is -2.53. The van der Waals surface area contributed by atoms with Crippen molar-refractivity contribution < 1.29 is 0 Å². The molecule has 1 aliphatic carbocycles. The Hall–Kier alpha value is -0.0800. The first-order valence-electron chi connectivity index (χ1n) is 6.18. The van der Waals surface area contributed by atoms with E-state index in [0.717, 1.165) is 12.0 Å². The molecule has 1 aliphatic rings. The van der Waals surface area contributed by atoms with Crippen LogP contribution in [0.5, 0.6) is 0 Å². The van der Waals surface area contributed by atoms with Gasteiger partial charge < -0.3 is 10.6 Å². The van der Waals surface area contributed by atoms with Crippen LogP contribution in [0.4, 0.5) is 0 Å². The topological polar surface area (TPSA) is 24.1 Å². The maximum Gasteiger partial charge on any atom is 0.00991 e. The standard InChI is InChI=1S/C13H28N2/c1-12(2,3)14-9-10-7-11(8-10)15-13(4,5)6/h10-11,14-15H,7-9H2,1-6H3/t10-,11+. The summed E-state index contributed by atoms with van der Waals surface area (Å²) in [4.78, 5) is 0. The summed E-state index contributed by atoms with van der Waals surface area (Å²) in [5.41, 5.74) is 0.537. The van der Waals surface area contributed by atoms with Crippen molar-refractivity contribution in [2.75, 3.05) is 6.54 Å². The average molecular weight is 212 g/mol. The van der Waals surface area contributed by atoms with Crippen molar-refractivity contribution in [2.45, 2.75) is 71.5 Å². The molecule has 0 aliphatic heterocycles. The first-order valence-corrected chi connectivity index (χ1v) is 6.18. The summed E-state index contributed by atoms with van der Waals surface area (Å²) in [5, 5.41) is 7.23. The molecule has 0 unspecified atom stereocenters. The largest absolute Gasteiger partial charge is 0.312 e. The van der Waals surface area contributed by atoms with Crippen molar-refractivity contribution in [2.24, 2.45) is 5.92 Å². The van der Waals surface area contributed by atoms with E-state index in [2.05, 4.69) is 52.2 Å². The predicted molar refractivity (Wildman–Crippen MR) is 67.2 cm³/mol. The molecule has 15 heavy (non-hydrogen) atoms. The van der Waals surface area contributed by atoms with Crippen LogP contribution in [0, 0.1) is 5.92 Å². The van der Waals surface area contributed by atoms with Gasteiger partial charge in [0.15, 0.2) is 0 Å². The van der Waals surface area contributed by atoms with E-state index in [-0.39, 0.29) is 11.1 Å². The molecule has 90 valence electrons. The van der Waals surface area contributed by atoms with Gasteiger partial charge in [0.25, 0.3) is 0 Å². The Bertz CT molecular complexity index is 192. The number of nitrogens with one attached hydrogen (secondary N) is 2. The molecule has 0 aromatic rings. The predicted octanol–water partition coefficient (Wildman–Crippen LogP) is 2.54. The van der Waals surface area contributed by atoms with Gasteiger partial charge in [-0.25, -0.2) is 0 Å². The van der Waals surface area contributed by atoms with Crippen LogP contribution in [0.3, 0.4) is 0 Å². The van der Waals surface area contributed by atoms with Crippen LogP contribution in [0.1, 0.15) is 54.4 Å². The van der Waals surface area contributed by atoms with E-state index in [1.54, 1.807) is 0 Å². The minimum absolute atomic E-state index is 0.266.